The number of hydrogen-bond donors (Lipinski definition) is 0. The van der Waals surface area contributed by atoms with E-state index in [0.29, 0.717) is 23.0 Å². The molecule has 0 saturated heterocycles. The molecule has 2 aliphatic rings. The molecule has 0 spiro atoms. The fourth-order valence-electron chi connectivity index (χ4n) is 8.60. The van der Waals surface area contributed by atoms with E-state index in [1.807, 2.05) is 57.4 Å². The Morgan fingerprint density at radius 2 is 1.00 bits per heavy atom. The Kier molecular flexibility index (Phi) is 11.2. The number of pyridine rings is 1. The summed E-state index contributed by atoms with van der Waals surface area (Å²) >= 11 is 0. The van der Waals surface area contributed by atoms with Crippen LogP contribution in [0.1, 0.15) is 86.9 Å². The monoisotopic (exact) mass is 819 g/mol. The van der Waals surface area contributed by atoms with E-state index in [1.165, 1.54) is 5.57 Å². The zero-order chi connectivity index (χ0) is 43.4. The highest BCUT2D eigenvalue weighted by molar-refractivity contribution is 5.97. The summed E-state index contributed by atoms with van der Waals surface area (Å²) in [6, 6.07) is 25.7. The Hall–Kier alpha value is -5.57. The molecule has 2 aliphatic carbocycles. The van der Waals surface area contributed by atoms with Crippen LogP contribution in [0, 0.1) is 10.8 Å². The molecule has 0 radical (unpaired) electrons. The van der Waals surface area contributed by atoms with Crippen LogP contribution in [0.5, 0.6) is 0 Å². The summed E-state index contributed by atoms with van der Waals surface area (Å²) in [6.07, 6.45) is 1.51. The van der Waals surface area contributed by atoms with Crippen LogP contribution in [0.15, 0.2) is 114 Å². The third-order valence-electron chi connectivity index (χ3n) is 11.4. The van der Waals surface area contributed by atoms with Crippen LogP contribution < -0.4 is 9.80 Å². The van der Waals surface area contributed by atoms with Gasteiger partial charge in [-0.1, -0.05) is 76.3 Å². The van der Waals surface area contributed by atoms with Crippen LogP contribution in [0.2, 0.25) is 0 Å². The second-order valence-electron chi connectivity index (χ2n) is 18.4. The van der Waals surface area contributed by atoms with Gasteiger partial charge in [0.2, 0.25) is 0 Å². The number of benzene rings is 4. The maximum atomic E-state index is 14.2. The number of halogens is 6. The van der Waals surface area contributed by atoms with Gasteiger partial charge < -0.3 is 9.80 Å². The van der Waals surface area contributed by atoms with Crippen LogP contribution in [-0.2, 0) is 12.4 Å². The highest BCUT2D eigenvalue weighted by atomic mass is 19.4. The zero-order valence-electron chi connectivity index (χ0n) is 35.4. The minimum absolute atomic E-state index is 0.0498. The Morgan fingerprint density at radius 1 is 0.533 bits per heavy atom. The molecule has 0 saturated carbocycles. The molecule has 9 heteroatoms. The predicted molar refractivity (Wildman–Crippen MR) is 237 cm³/mol. The van der Waals surface area contributed by atoms with Crippen molar-refractivity contribution in [2.24, 2.45) is 10.8 Å². The number of allylic oxidation sites excluding steroid dienone is 6. The molecule has 312 valence electrons. The smallest absolute Gasteiger partial charge is 0.378 e. The summed E-state index contributed by atoms with van der Waals surface area (Å²) in [7, 11) is 7.98. The van der Waals surface area contributed by atoms with Gasteiger partial charge >= 0.3 is 12.4 Å². The predicted octanol–water partition coefficient (Wildman–Crippen LogP) is 14.6. The van der Waals surface area contributed by atoms with E-state index < -0.39 is 23.5 Å². The van der Waals surface area contributed by atoms with Crippen LogP contribution in [0.3, 0.4) is 0 Å². The van der Waals surface area contributed by atoms with Gasteiger partial charge in [0.15, 0.2) is 0 Å². The molecule has 1 heterocycles. The Balaban J connectivity index is 1.38. The first-order valence-electron chi connectivity index (χ1n) is 20.1. The molecule has 0 N–H and O–H groups in total. The molecule has 0 bridgehead atoms. The normalized spacial score (nSPS) is 18.1. The van der Waals surface area contributed by atoms with Gasteiger partial charge in [0, 0.05) is 45.0 Å². The van der Waals surface area contributed by atoms with E-state index in [-0.39, 0.29) is 28.0 Å². The minimum Gasteiger partial charge on any atom is -0.378 e. The summed E-state index contributed by atoms with van der Waals surface area (Å²) in [5.74, 6) is 0. The standard InChI is InChI=1S/C51H51F6N3/c1-48(2)28-33(20-38(30-48)35-10-14-43(15-11-35)59(5)6)19-32-9-18-47-46(23-32)45(37-24-40(50(52,53)54)26-41(25-37)51(55,56)57)27-42(58-47)22-34-21-39(31-49(3,4)29-34)36-12-16-44(17-13-36)60(7)8/h9-27H,28-31H2,1-8H3. The first-order chi connectivity index (χ1) is 28.0. The van der Waals surface area contributed by atoms with E-state index in [4.69, 9.17) is 4.98 Å². The molecule has 60 heavy (non-hydrogen) atoms. The van der Waals surface area contributed by atoms with Crippen molar-refractivity contribution in [2.45, 2.75) is 65.7 Å². The Labute approximate surface area is 349 Å². The third kappa shape index (κ3) is 9.72. The van der Waals surface area contributed by atoms with E-state index in [1.54, 1.807) is 6.07 Å². The number of rotatable bonds is 7. The number of fused-ring (bicyclic) bond motifs is 1. The topological polar surface area (TPSA) is 19.4 Å². The van der Waals surface area contributed by atoms with E-state index in [0.717, 1.165) is 76.2 Å². The first kappa shape index (κ1) is 42.6. The van der Waals surface area contributed by atoms with Gasteiger partial charge in [-0.15, -0.1) is 0 Å². The number of hydrogen-bond acceptors (Lipinski definition) is 3. The number of nitrogens with zero attached hydrogens (tertiary/aromatic N) is 3. The van der Waals surface area contributed by atoms with Crippen LogP contribution in [0.25, 0.3) is 45.3 Å². The molecular formula is C51H51F6N3. The average molecular weight is 820 g/mol. The summed E-state index contributed by atoms with van der Waals surface area (Å²) in [4.78, 5) is 9.05. The fraction of sp³-hybridized carbons (Fsp3) is 0.314. The van der Waals surface area contributed by atoms with Gasteiger partial charge in [-0.2, -0.15) is 26.3 Å². The molecule has 0 unspecified atom stereocenters. The van der Waals surface area contributed by atoms with Crippen molar-refractivity contribution in [3.05, 3.63) is 148 Å². The van der Waals surface area contributed by atoms with E-state index in [9.17, 15) is 26.3 Å². The van der Waals surface area contributed by atoms with Gasteiger partial charge in [0.1, 0.15) is 0 Å². The molecule has 4 aromatic carbocycles. The van der Waals surface area contributed by atoms with Crippen molar-refractivity contribution in [3.8, 4) is 11.1 Å². The van der Waals surface area contributed by atoms with Crippen molar-refractivity contribution in [2.75, 3.05) is 38.0 Å². The highest BCUT2D eigenvalue weighted by Crippen LogP contribution is 2.45. The second-order valence-corrected chi connectivity index (χ2v) is 18.4. The lowest BCUT2D eigenvalue weighted by atomic mass is 9.73. The molecule has 1 aromatic heterocycles. The van der Waals surface area contributed by atoms with Crippen LogP contribution in [-0.4, -0.2) is 33.2 Å². The van der Waals surface area contributed by atoms with Crippen molar-refractivity contribution in [3.63, 3.8) is 0 Å². The van der Waals surface area contributed by atoms with Crippen molar-refractivity contribution < 1.29 is 26.3 Å². The minimum atomic E-state index is -5.00. The quantitative estimate of drug-likeness (QED) is 0.153. The van der Waals surface area contributed by atoms with Crippen molar-refractivity contribution in [1.29, 1.82) is 0 Å². The van der Waals surface area contributed by atoms with E-state index in [2.05, 4.69) is 99.4 Å². The van der Waals surface area contributed by atoms with Gasteiger partial charge in [0.05, 0.1) is 22.3 Å². The van der Waals surface area contributed by atoms with Crippen molar-refractivity contribution >= 4 is 45.6 Å². The third-order valence-corrected chi connectivity index (χ3v) is 11.4. The average Bonchev–Trinajstić information content (AvgIpc) is 3.15. The fourth-order valence-corrected chi connectivity index (χ4v) is 8.60. The maximum absolute atomic E-state index is 14.2. The van der Waals surface area contributed by atoms with Gasteiger partial charge in [-0.25, -0.2) is 4.98 Å². The number of anilines is 2. The van der Waals surface area contributed by atoms with Crippen LogP contribution >= 0.6 is 0 Å². The van der Waals surface area contributed by atoms with Crippen molar-refractivity contribution in [1.82, 2.24) is 4.98 Å². The zero-order valence-corrected chi connectivity index (χ0v) is 35.4. The summed E-state index contributed by atoms with van der Waals surface area (Å²) in [5, 5.41) is 0.457. The van der Waals surface area contributed by atoms with Gasteiger partial charge in [-0.3, -0.25) is 0 Å². The van der Waals surface area contributed by atoms with Gasteiger partial charge in [-0.05, 0) is 153 Å². The van der Waals surface area contributed by atoms with Gasteiger partial charge in [0.25, 0.3) is 0 Å². The SMILES string of the molecule is CN(C)c1ccc(C2=CC(=Cc3ccc4nc(C=C5C=C(c6ccc(N(C)C)cc6)CC(C)(C)C5)cc(-c5cc(C(F)(F)F)cc(C(F)(F)F)c5)c4c3)CC(C)(C)C2)cc1. The second kappa shape index (κ2) is 15.8. The maximum Gasteiger partial charge on any atom is 0.416 e. The lowest BCUT2D eigenvalue weighted by Crippen LogP contribution is -2.17. The molecule has 0 fully saturated rings. The van der Waals surface area contributed by atoms with Crippen LogP contribution in [0.4, 0.5) is 37.7 Å². The number of aromatic nitrogens is 1. The highest BCUT2D eigenvalue weighted by Gasteiger charge is 2.37. The largest absolute Gasteiger partial charge is 0.416 e. The molecule has 7 rings (SSSR count). The molecule has 0 aliphatic heterocycles. The summed E-state index contributed by atoms with van der Waals surface area (Å²) in [5.41, 5.74) is 7.62. The number of alkyl halides is 6. The molecule has 0 amide bonds. The summed E-state index contributed by atoms with van der Waals surface area (Å²) < 4.78 is 85.5. The molecule has 0 atom stereocenters. The lowest BCUT2D eigenvalue weighted by Gasteiger charge is -2.32. The lowest BCUT2D eigenvalue weighted by molar-refractivity contribution is -0.143. The first-order valence-corrected chi connectivity index (χ1v) is 20.1. The van der Waals surface area contributed by atoms with E-state index >= 15 is 0 Å². The Bertz CT molecular complexity index is 2510. The molecular weight excluding hydrogens is 769 g/mol. The summed E-state index contributed by atoms with van der Waals surface area (Å²) in [6.45, 7) is 8.81. The molecule has 3 nitrogen and oxygen atoms in total. The Morgan fingerprint density at radius 3 is 1.45 bits per heavy atom. The molecule has 5 aromatic rings.